The molecule has 3 rings (SSSR count). The van der Waals surface area contributed by atoms with Gasteiger partial charge in [0.15, 0.2) is 6.61 Å². The van der Waals surface area contributed by atoms with E-state index in [9.17, 15) is 14.7 Å². The van der Waals surface area contributed by atoms with Gasteiger partial charge in [-0.15, -0.1) is 18.8 Å². The Labute approximate surface area is 197 Å². The lowest BCUT2D eigenvalue weighted by Gasteiger charge is -2.20. The maximum Gasteiger partial charge on any atom is 0.415 e. The minimum absolute atomic E-state index is 0. The maximum atomic E-state index is 12.3. The molecule has 0 aliphatic heterocycles. The summed E-state index contributed by atoms with van der Waals surface area (Å²) in [5, 5.41) is 16.0. The van der Waals surface area contributed by atoms with Crippen LogP contribution in [0.1, 0.15) is 12.6 Å². The summed E-state index contributed by atoms with van der Waals surface area (Å²) in [6.45, 7) is 1.99. The number of hydrogen-bond acceptors (Lipinski definition) is 6. The Kier molecular flexibility index (Phi) is 8.98. The number of benzene rings is 1. The zero-order valence-electron chi connectivity index (χ0n) is 18.2. The van der Waals surface area contributed by atoms with E-state index in [-0.39, 0.29) is 31.7 Å². The first-order chi connectivity index (χ1) is 15.5. The monoisotopic (exact) mass is 469 g/mol. The largest absolute Gasteiger partial charge is 0.436 e. The Hall–Kier alpha value is -3.87. The number of halogens is 1. The van der Waals surface area contributed by atoms with Gasteiger partial charge >= 0.3 is 12.1 Å². The van der Waals surface area contributed by atoms with Crippen LogP contribution in [-0.4, -0.2) is 47.4 Å². The van der Waals surface area contributed by atoms with Crippen LogP contribution in [-0.2, 0) is 11.3 Å². The number of aliphatic hydroxyl groups excluding tert-OH is 1. The van der Waals surface area contributed by atoms with Gasteiger partial charge in [-0.05, 0) is 36.1 Å². The molecule has 3 N–H and O–H groups in total. The van der Waals surface area contributed by atoms with Crippen LogP contribution in [0.2, 0.25) is 0 Å². The van der Waals surface area contributed by atoms with Crippen molar-refractivity contribution in [3.05, 3.63) is 48.4 Å². The fourth-order valence-corrected chi connectivity index (χ4v) is 3.13. The lowest BCUT2D eigenvalue weighted by atomic mass is 9.98. The first-order valence-electron chi connectivity index (χ1n) is 9.86. The number of ether oxygens (including phenoxy) is 1. The molecule has 2 heterocycles. The van der Waals surface area contributed by atoms with Crippen LogP contribution in [0.15, 0.2) is 42.7 Å². The van der Waals surface area contributed by atoms with Gasteiger partial charge in [-0.1, -0.05) is 18.1 Å². The third-order valence-corrected chi connectivity index (χ3v) is 4.67. The minimum atomic E-state index is -0.601. The molecule has 33 heavy (non-hydrogen) atoms. The van der Waals surface area contributed by atoms with Gasteiger partial charge < -0.3 is 15.2 Å². The minimum Gasteiger partial charge on any atom is -0.436 e. The Morgan fingerprint density at radius 2 is 1.97 bits per heavy atom. The molecular weight excluding hydrogens is 446 g/mol. The van der Waals surface area contributed by atoms with Crippen LogP contribution in [0.5, 0.6) is 0 Å². The van der Waals surface area contributed by atoms with Crippen molar-refractivity contribution in [2.45, 2.75) is 13.5 Å². The zero-order chi connectivity index (χ0) is 23.1. The molecular formula is C23H24ClN5O4. The number of terminal acetylenes is 1. The van der Waals surface area contributed by atoms with E-state index in [0.29, 0.717) is 29.1 Å². The van der Waals surface area contributed by atoms with Crippen LogP contribution in [0.4, 0.5) is 21.1 Å². The SMILES string of the molecule is C#CCOC(=O)N(C)c1ccc(-c2ccc(CO)nc2)c2cc(NC(=O)NCC)ncc12.Cl. The third-order valence-electron chi connectivity index (χ3n) is 4.67. The number of hydrogen-bond donors (Lipinski definition) is 3. The van der Waals surface area contributed by atoms with Crippen LogP contribution >= 0.6 is 12.4 Å². The first-order valence-corrected chi connectivity index (χ1v) is 9.86. The number of nitrogens with zero attached hydrogens (tertiary/aromatic N) is 3. The molecule has 0 atom stereocenters. The van der Waals surface area contributed by atoms with E-state index >= 15 is 0 Å². The van der Waals surface area contributed by atoms with Gasteiger partial charge in [-0.2, -0.15) is 0 Å². The Balaban J connectivity index is 0.00000385. The average Bonchev–Trinajstić information content (AvgIpc) is 2.81. The predicted octanol–water partition coefficient (Wildman–Crippen LogP) is 3.56. The van der Waals surface area contributed by atoms with Crippen molar-refractivity contribution in [2.24, 2.45) is 0 Å². The van der Waals surface area contributed by atoms with Crippen molar-refractivity contribution in [3.63, 3.8) is 0 Å². The van der Waals surface area contributed by atoms with Gasteiger partial charge in [0.2, 0.25) is 0 Å². The van der Waals surface area contributed by atoms with Crippen LogP contribution in [0.25, 0.3) is 21.9 Å². The van der Waals surface area contributed by atoms with E-state index in [2.05, 4.69) is 26.5 Å². The second-order valence-corrected chi connectivity index (χ2v) is 6.75. The molecule has 0 saturated heterocycles. The fourth-order valence-electron chi connectivity index (χ4n) is 3.13. The highest BCUT2D eigenvalue weighted by Gasteiger charge is 2.18. The summed E-state index contributed by atoms with van der Waals surface area (Å²) in [7, 11) is 1.58. The molecule has 9 nitrogen and oxygen atoms in total. The van der Waals surface area contributed by atoms with Crippen molar-refractivity contribution in [1.82, 2.24) is 15.3 Å². The number of aromatic nitrogens is 2. The average molecular weight is 470 g/mol. The summed E-state index contributed by atoms with van der Waals surface area (Å²) in [6.07, 6.45) is 7.81. The standard InChI is InChI=1S/C23H23N5O4.ClH/c1-4-10-32-23(31)28(3)20-9-8-17(15-6-7-16(14-29)25-12-15)18-11-21(26-13-19(18)20)27-22(30)24-5-2;/h1,6-9,11-13,29H,5,10,14H2,2-3H3,(H2,24,26,27,30);1H. The van der Waals surface area contributed by atoms with Crippen molar-refractivity contribution in [1.29, 1.82) is 0 Å². The van der Waals surface area contributed by atoms with E-state index in [1.807, 2.05) is 19.1 Å². The lowest BCUT2D eigenvalue weighted by molar-refractivity contribution is 0.169. The molecule has 0 aliphatic rings. The van der Waals surface area contributed by atoms with Gasteiger partial charge in [0.1, 0.15) is 5.82 Å². The maximum absolute atomic E-state index is 12.3. The normalized spacial score (nSPS) is 10.0. The number of aliphatic hydroxyl groups is 1. The summed E-state index contributed by atoms with van der Waals surface area (Å²) < 4.78 is 5.03. The first kappa shape index (κ1) is 25.4. The Morgan fingerprint density at radius 1 is 1.18 bits per heavy atom. The molecule has 172 valence electrons. The Morgan fingerprint density at radius 3 is 2.61 bits per heavy atom. The predicted molar refractivity (Wildman–Crippen MR) is 129 cm³/mol. The zero-order valence-corrected chi connectivity index (χ0v) is 19.0. The molecule has 0 fully saturated rings. The number of nitrogens with one attached hydrogen (secondary N) is 2. The lowest BCUT2D eigenvalue weighted by Crippen LogP contribution is -2.28. The van der Waals surface area contributed by atoms with E-state index in [1.54, 1.807) is 37.6 Å². The number of carbonyl (C=O) groups is 2. The van der Waals surface area contributed by atoms with Gasteiger partial charge in [0.25, 0.3) is 0 Å². The summed E-state index contributed by atoms with van der Waals surface area (Å²) in [4.78, 5) is 34.2. The molecule has 0 unspecified atom stereocenters. The number of fused-ring (bicyclic) bond motifs is 1. The molecule has 3 aromatic rings. The van der Waals surface area contributed by atoms with Crippen LogP contribution < -0.4 is 15.5 Å². The second-order valence-electron chi connectivity index (χ2n) is 6.75. The summed E-state index contributed by atoms with van der Waals surface area (Å²) >= 11 is 0. The highest BCUT2D eigenvalue weighted by Crippen LogP contribution is 2.35. The van der Waals surface area contributed by atoms with E-state index in [4.69, 9.17) is 11.2 Å². The van der Waals surface area contributed by atoms with Gasteiger partial charge in [0.05, 0.1) is 18.0 Å². The van der Waals surface area contributed by atoms with Crippen LogP contribution in [0.3, 0.4) is 0 Å². The fraction of sp³-hybridized carbons (Fsp3) is 0.217. The highest BCUT2D eigenvalue weighted by molar-refractivity contribution is 6.08. The third kappa shape index (κ3) is 5.88. The summed E-state index contributed by atoms with van der Waals surface area (Å²) in [5.41, 5.74) is 2.72. The number of amides is 3. The summed E-state index contributed by atoms with van der Waals surface area (Å²) in [6, 6.07) is 8.54. The Bertz CT molecular complexity index is 1180. The number of urea groups is 1. The second kappa shape index (κ2) is 11.7. The number of carbonyl (C=O) groups excluding carboxylic acids is 2. The highest BCUT2D eigenvalue weighted by atomic mass is 35.5. The van der Waals surface area contributed by atoms with Gasteiger partial charge in [0, 0.05) is 36.9 Å². The molecule has 0 saturated carbocycles. The number of rotatable bonds is 6. The van der Waals surface area contributed by atoms with Gasteiger partial charge in [-0.3, -0.25) is 15.2 Å². The van der Waals surface area contributed by atoms with Gasteiger partial charge in [-0.25, -0.2) is 14.6 Å². The smallest absolute Gasteiger partial charge is 0.415 e. The van der Waals surface area contributed by atoms with Crippen molar-refractivity contribution in [3.8, 4) is 23.5 Å². The molecule has 0 aliphatic carbocycles. The number of pyridine rings is 2. The molecule has 10 heteroatoms. The van der Waals surface area contributed by atoms with Crippen molar-refractivity contribution in [2.75, 3.05) is 30.4 Å². The molecule has 1 aromatic carbocycles. The van der Waals surface area contributed by atoms with Crippen molar-refractivity contribution >= 4 is 46.8 Å². The number of anilines is 2. The quantitative estimate of drug-likeness (QED) is 0.475. The van der Waals surface area contributed by atoms with Crippen molar-refractivity contribution < 1.29 is 19.4 Å². The molecule has 0 spiro atoms. The summed E-state index contributed by atoms with van der Waals surface area (Å²) in [5.74, 6) is 2.61. The van der Waals surface area contributed by atoms with E-state index < -0.39 is 6.09 Å². The molecule has 0 bridgehead atoms. The molecule has 0 radical (unpaired) electrons. The molecule has 2 aromatic heterocycles. The topological polar surface area (TPSA) is 117 Å². The van der Waals surface area contributed by atoms with Crippen LogP contribution in [0, 0.1) is 12.3 Å². The van der Waals surface area contributed by atoms with E-state index in [1.165, 1.54) is 4.90 Å². The van der Waals surface area contributed by atoms with E-state index in [0.717, 1.165) is 16.5 Å². The molecule has 3 amide bonds.